The van der Waals surface area contributed by atoms with Crippen LogP contribution in [0.15, 0.2) is 30.3 Å². The molecule has 0 spiro atoms. The topological polar surface area (TPSA) is 57.6 Å². The Labute approximate surface area is 112 Å². The fourth-order valence-corrected chi connectivity index (χ4v) is 2.32. The fraction of sp³-hybridized carbons (Fsp3) is 0.333. The second-order valence-electron chi connectivity index (χ2n) is 4.78. The number of carbonyl (C=O) groups excluding carboxylic acids is 1. The van der Waals surface area contributed by atoms with Crippen LogP contribution in [-0.4, -0.2) is 34.5 Å². The van der Waals surface area contributed by atoms with E-state index in [2.05, 4.69) is 0 Å². The lowest BCUT2D eigenvalue weighted by molar-refractivity contribution is -0.146. The number of rotatable bonds is 3. The van der Waals surface area contributed by atoms with E-state index in [1.165, 1.54) is 11.0 Å². The van der Waals surface area contributed by atoms with E-state index in [9.17, 15) is 9.59 Å². The zero-order valence-electron chi connectivity index (χ0n) is 10.9. The molecule has 1 aliphatic rings. The minimum atomic E-state index is -0.921. The van der Waals surface area contributed by atoms with E-state index in [0.717, 1.165) is 17.5 Å². The van der Waals surface area contributed by atoms with Gasteiger partial charge in [0.1, 0.15) is 6.04 Å². The van der Waals surface area contributed by atoms with Crippen molar-refractivity contribution in [1.29, 1.82) is 0 Å². The van der Waals surface area contributed by atoms with Crippen molar-refractivity contribution >= 4 is 18.0 Å². The number of aryl methyl sites for hydroxylation is 1. The molecule has 1 amide bonds. The third-order valence-corrected chi connectivity index (χ3v) is 3.28. The minimum absolute atomic E-state index is 0.230. The van der Waals surface area contributed by atoms with Crippen molar-refractivity contribution in [3.63, 3.8) is 0 Å². The Bertz CT molecular complexity index is 522. The number of amides is 1. The Morgan fingerprint density at radius 1 is 1.42 bits per heavy atom. The summed E-state index contributed by atoms with van der Waals surface area (Å²) in [7, 11) is 0. The molecule has 1 N–H and O–H groups in total. The second-order valence-corrected chi connectivity index (χ2v) is 4.78. The lowest BCUT2D eigenvalue weighted by atomic mass is 10.1. The van der Waals surface area contributed by atoms with Crippen molar-refractivity contribution in [2.75, 3.05) is 6.54 Å². The molecule has 1 aromatic rings. The van der Waals surface area contributed by atoms with Gasteiger partial charge in [-0.15, -0.1) is 0 Å². The summed E-state index contributed by atoms with van der Waals surface area (Å²) in [4.78, 5) is 24.4. The zero-order valence-corrected chi connectivity index (χ0v) is 10.9. The first-order chi connectivity index (χ1) is 9.08. The Kier molecular flexibility index (Phi) is 4.00. The van der Waals surface area contributed by atoms with Crippen molar-refractivity contribution in [3.05, 3.63) is 41.5 Å². The maximum atomic E-state index is 12.0. The van der Waals surface area contributed by atoms with E-state index in [1.807, 2.05) is 31.2 Å². The van der Waals surface area contributed by atoms with Gasteiger partial charge in [-0.1, -0.05) is 29.8 Å². The molecule has 0 bridgehead atoms. The van der Waals surface area contributed by atoms with Crippen LogP contribution in [-0.2, 0) is 9.59 Å². The third kappa shape index (κ3) is 3.22. The Morgan fingerprint density at radius 3 is 2.89 bits per heavy atom. The largest absolute Gasteiger partial charge is 0.480 e. The lowest BCUT2D eigenvalue weighted by Gasteiger charge is -2.19. The van der Waals surface area contributed by atoms with Crippen molar-refractivity contribution in [3.8, 4) is 0 Å². The second kappa shape index (κ2) is 5.69. The van der Waals surface area contributed by atoms with Gasteiger partial charge in [0.2, 0.25) is 5.91 Å². The third-order valence-electron chi connectivity index (χ3n) is 3.28. The van der Waals surface area contributed by atoms with Crippen LogP contribution in [0, 0.1) is 6.92 Å². The summed E-state index contributed by atoms with van der Waals surface area (Å²) in [6.07, 6.45) is 4.48. The summed E-state index contributed by atoms with van der Waals surface area (Å²) in [6.45, 7) is 2.51. The SMILES string of the molecule is Cc1cccc(C=CC(=O)N2CCC[C@@H]2C(=O)O)c1. The molecule has 19 heavy (non-hydrogen) atoms. The summed E-state index contributed by atoms with van der Waals surface area (Å²) < 4.78 is 0. The van der Waals surface area contributed by atoms with Gasteiger partial charge in [0.25, 0.3) is 0 Å². The van der Waals surface area contributed by atoms with Crippen LogP contribution >= 0.6 is 0 Å². The van der Waals surface area contributed by atoms with Crippen molar-refractivity contribution in [2.45, 2.75) is 25.8 Å². The molecule has 4 nitrogen and oxygen atoms in total. The molecule has 2 rings (SSSR count). The summed E-state index contributed by atoms with van der Waals surface area (Å²) in [5.74, 6) is -1.15. The smallest absolute Gasteiger partial charge is 0.326 e. The number of carboxylic acids is 1. The number of benzene rings is 1. The van der Waals surface area contributed by atoms with Crippen LogP contribution in [0.1, 0.15) is 24.0 Å². The molecule has 0 saturated carbocycles. The van der Waals surface area contributed by atoms with Crippen LogP contribution < -0.4 is 0 Å². The van der Waals surface area contributed by atoms with Crippen molar-refractivity contribution in [1.82, 2.24) is 4.90 Å². The molecule has 0 unspecified atom stereocenters. The highest BCUT2D eigenvalue weighted by molar-refractivity contribution is 5.94. The summed E-state index contributed by atoms with van der Waals surface area (Å²) >= 11 is 0. The highest BCUT2D eigenvalue weighted by Crippen LogP contribution is 2.18. The molecule has 1 aliphatic heterocycles. The van der Waals surface area contributed by atoms with Gasteiger partial charge in [-0.25, -0.2) is 4.79 Å². The van der Waals surface area contributed by atoms with Gasteiger partial charge < -0.3 is 10.0 Å². The average Bonchev–Trinajstić information content (AvgIpc) is 2.85. The molecule has 1 aromatic carbocycles. The van der Waals surface area contributed by atoms with Gasteiger partial charge >= 0.3 is 5.97 Å². The molecule has 0 aliphatic carbocycles. The van der Waals surface area contributed by atoms with Crippen LogP contribution in [0.3, 0.4) is 0 Å². The van der Waals surface area contributed by atoms with Crippen LogP contribution in [0.2, 0.25) is 0 Å². The molecule has 1 saturated heterocycles. The first-order valence-corrected chi connectivity index (χ1v) is 6.36. The lowest BCUT2D eigenvalue weighted by Crippen LogP contribution is -2.39. The number of hydrogen-bond donors (Lipinski definition) is 1. The fourth-order valence-electron chi connectivity index (χ4n) is 2.32. The molecule has 4 heteroatoms. The Hall–Kier alpha value is -2.10. The van der Waals surface area contributed by atoms with Crippen molar-refractivity contribution < 1.29 is 14.7 Å². The van der Waals surface area contributed by atoms with Gasteiger partial charge in [0.05, 0.1) is 0 Å². The van der Waals surface area contributed by atoms with Crippen LogP contribution in [0.5, 0.6) is 0 Å². The summed E-state index contributed by atoms with van der Waals surface area (Å²) in [6, 6.07) is 7.13. The van der Waals surface area contributed by atoms with E-state index >= 15 is 0 Å². The van der Waals surface area contributed by atoms with Gasteiger partial charge in [-0.05, 0) is 31.4 Å². The maximum absolute atomic E-state index is 12.0. The summed E-state index contributed by atoms with van der Waals surface area (Å²) in [5, 5.41) is 9.04. The molecular weight excluding hydrogens is 242 g/mol. The van der Waals surface area contributed by atoms with E-state index < -0.39 is 12.0 Å². The normalized spacial score (nSPS) is 19.0. The zero-order chi connectivity index (χ0) is 13.8. The average molecular weight is 259 g/mol. The van der Waals surface area contributed by atoms with Gasteiger partial charge in [0, 0.05) is 12.6 Å². The summed E-state index contributed by atoms with van der Waals surface area (Å²) in [5.41, 5.74) is 2.07. The monoisotopic (exact) mass is 259 g/mol. The van der Waals surface area contributed by atoms with Crippen LogP contribution in [0.4, 0.5) is 0 Å². The first kappa shape index (κ1) is 13.3. The molecule has 0 aromatic heterocycles. The number of aliphatic carboxylic acids is 1. The van der Waals surface area contributed by atoms with E-state index in [1.54, 1.807) is 6.08 Å². The molecule has 1 atom stereocenters. The van der Waals surface area contributed by atoms with Gasteiger partial charge in [-0.2, -0.15) is 0 Å². The number of likely N-dealkylation sites (tertiary alicyclic amines) is 1. The highest BCUT2D eigenvalue weighted by Gasteiger charge is 2.32. The number of hydrogen-bond acceptors (Lipinski definition) is 2. The van der Waals surface area contributed by atoms with E-state index in [0.29, 0.717) is 13.0 Å². The predicted octanol–water partition coefficient (Wildman–Crippen LogP) is 2.08. The van der Waals surface area contributed by atoms with Crippen molar-refractivity contribution in [2.24, 2.45) is 0 Å². The minimum Gasteiger partial charge on any atom is -0.480 e. The predicted molar refractivity (Wildman–Crippen MR) is 72.6 cm³/mol. The van der Waals surface area contributed by atoms with Gasteiger partial charge in [0.15, 0.2) is 0 Å². The Balaban J connectivity index is 2.06. The Morgan fingerprint density at radius 2 is 2.21 bits per heavy atom. The van der Waals surface area contributed by atoms with Crippen LogP contribution in [0.25, 0.3) is 6.08 Å². The highest BCUT2D eigenvalue weighted by atomic mass is 16.4. The molecule has 0 radical (unpaired) electrons. The number of carboxylic acid groups (broad SMARTS) is 1. The van der Waals surface area contributed by atoms with Gasteiger partial charge in [-0.3, -0.25) is 4.79 Å². The molecule has 1 fully saturated rings. The maximum Gasteiger partial charge on any atom is 0.326 e. The molecular formula is C15H17NO3. The van der Waals surface area contributed by atoms with E-state index in [4.69, 9.17) is 5.11 Å². The quantitative estimate of drug-likeness (QED) is 0.845. The number of carbonyl (C=O) groups is 2. The molecule has 100 valence electrons. The standard InChI is InChI=1S/C15H17NO3/c1-11-4-2-5-12(10-11)7-8-14(17)16-9-3-6-13(16)15(18)19/h2,4-5,7-8,10,13H,3,6,9H2,1H3,(H,18,19)/t13-/m1/s1. The van der Waals surface area contributed by atoms with E-state index in [-0.39, 0.29) is 5.91 Å². The first-order valence-electron chi connectivity index (χ1n) is 6.36. The molecule has 1 heterocycles. The number of nitrogens with zero attached hydrogens (tertiary/aromatic N) is 1.